The Bertz CT molecular complexity index is 268. The van der Waals surface area contributed by atoms with E-state index in [-0.39, 0.29) is 0 Å². The van der Waals surface area contributed by atoms with Gasteiger partial charge in [-0.05, 0) is 37.6 Å². The third-order valence-electron chi connectivity index (χ3n) is 2.93. The number of sulfone groups is 1. The number of hydrogen-bond donors (Lipinski definition) is 1. The highest BCUT2D eigenvalue weighted by Gasteiger charge is 2.41. The first-order valence-electron chi connectivity index (χ1n) is 5.36. The molecule has 1 aliphatic rings. The van der Waals surface area contributed by atoms with Crippen LogP contribution in [0.25, 0.3) is 0 Å². The van der Waals surface area contributed by atoms with Crippen molar-refractivity contribution in [1.29, 1.82) is 0 Å². The molecule has 0 bridgehead atoms. The second-order valence-corrected chi connectivity index (χ2v) is 6.77. The molecule has 1 aliphatic carbocycles. The summed E-state index contributed by atoms with van der Waals surface area (Å²) in [5.74, 6) is 0.348. The van der Waals surface area contributed by atoms with Crippen LogP contribution in [-0.4, -0.2) is 33.5 Å². The van der Waals surface area contributed by atoms with Crippen molar-refractivity contribution in [2.75, 3.05) is 25.1 Å². The molecule has 0 heterocycles. The van der Waals surface area contributed by atoms with E-state index >= 15 is 0 Å². The summed E-state index contributed by atoms with van der Waals surface area (Å²) in [6.45, 7) is 4.17. The molecule has 0 atom stereocenters. The van der Waals surface area contributed by atoms with Crippen LogP contribution in [0.1, 0.15) is 32.6 Å². The molecule has 84 valence electrons. The zero-order valence-electron chi connectivity index (χ0n) is 9.17. The van der Waals surface area contributed by atoms with Crippen molar-refractivity contribution >= 4 is 9.84 Å². The Kier molecular flexibility index (Phi) is 3.95. The topological polar surface area (TPSA) is 46.2 Å². The Morgan fingerprint density at radius 1 is 1.36 bits per heavy atom. The molecule has 0 aromatic heterocycles. The molecule has 0 aromatic rings. The van der Waals surface area contributed by atoms with E-state index in [1.165, 1.54) is 19.1 Å². The van der Waals surface area contributed by atoms with Gasteiger partial charge in [-0.2, -0.15) is 0 Å². The zero-order chi connectivity index (χ0) is 10.7. The van der Waals surface area contributed by atoms with Crippen molar-refractivity contribution in [1.82, 2.24) is 5.32 Å². The lowest BCUT2D eigenvalue weighted by molar-refractivity contribution is 0.427. The average Bonchev–Trinajstić information content (AvgIpc) is 2.80. The van der Waals surface area contributed by atoms with Gasteiger partial charge in [0.05, 0.1) is 0 Å². The largest absolute Gasteiger partial charge is 0.316 e. The van der Waals surface area contributed by atoms with Crippen molar-refractivity contribution in [3.63, 3.8) is 0 Å². The Morgan fingerprint density at radius 3 is 2.43 bits per heavy atom. The van der Waals surface area contributed by atoms with Gasteiger partial charge in [0, 0.05) is 18.6 Å². The molecule has 0 aromatic carbocycles. The minimum Gasteiger partial charge on any atom is -0.316 e. The first kappa shape index (κ1) is 12.0. The molecule has 0 spiro atoms. The predicted octanol–water partition coefficient (Wildman–Crippen LogP) is 1.20. The van der Waals surface area contributed by atoms with Gasteiger partial charge < -0.3 is 5.32 Å². The Labute approximate surface area is 87.2 Å². The van der Waals surface area contributed by atoms with Crippen LogP contribution in [0.15, 0.2) is 0 Å². The van der Waals surface area contributed by atoms with Crippen LogP contribution in [-0.2, 0) is 9.84 Å². The van der Waals surface area contributed by atoms with E-state index in [0.717, 1.165) is 25.9 Å². The molecule has 0 aliphatic heterocycles. The van der Waals surface area contributed by atoms with E-state index in [9.17, 15) is 8.42 Å². The standard InChI is InChI=1S/C10H21NO2S/c1-3-11-9-10(6-7-10)5-4-8-14(2,12)13/h11H,3-9H2,1-2H3. The molecule has 4 heteroatoms. The van der Waals surface area contributed by atoms with Gasteiger partial charge in [-0.1, -0.05) is 6.92 Å². The van der Waals surface area contributed by atoms with Gasteiger partial charge in [0.15, 0.2) is 0 Å². The van der Waals surface area contributed by atoms with E-state index in [4.69, 9.17) is 0 Å². The van der Waals surface area contributed by atoms with E-state index in [1.54, 1.807) is 0 Å². The Morgan fingerprint density at radius 2 is 2.00 bits per heavy atom. The van der Waals surface area contributed by atoms with Crippen molar-refractivity contribution in [3.8, 4) is 0 Å². The summed E-state index contributed by atoms with van der Waals surface area (Å²) in [5.41, 5.74) is 0.445. The normalized spacial score (nSPS) is 19.6. The van der Waals surface area contributed by atoms with Crippen LogP contribution in [0.4, 0.5) is 0 Å². The number of hydrogen-bond acceptors (Lipinski definition) is 3. The number of rotatable bonds is 7. The molecule has 1 saturated carbocycles. The van der Waals surface area contributed by atoms with Crippen molar-refractivity contribution in [2.45, 2.75) is 32.6 Å². The summed E-state index contributed by atoms with van der Waals surface area (Å²) in [4.78, 5) is 0. The highest BCUT2D eigenvalue weighted by molar-refractivity contribution is 7.90. The lowest BCUT2D eigenvalue weighted by Gasteiger charge is -2.14. The Balaban J connectivity index is 2.18. The summed E-state index contributed by atoms with van der Waals surface area (Å²) in [5, 5.41) is 3.35. The molecule has 0 radical (unpaired) electrons. The highest BCUT2D eigenvalue weighted by Crippen LogP contribution is 2.48. The highest BCUT2D eigenvalue weighted by atomic mass is 32.2. The fraction of sp³-hybridized carbons (Fsp3) is 1.00. The maximum atomic E-state index is 10.9. The van der Waals surface area contributed by atoms with Gasteiger partial charge in [0.2, 0.25) is 0 Å². The van der Waals surface area contributed by atoms with Crippen LogP contribution < -0.4 is 5.32 Å². The fourth-order valence-corrected chi connectivity index (χ4v) is 2.46. The maximum Gasteiger partial charge on any atom is 0.147 e. The van der Waals surface area contributed by atoms with E-state index in [0.29, 0.717) is 11.2 Å². The van der Waals surface area contributed by atoms with Gasteiger partial charge in [0.25, 0.3) is 0 Å². The van der Waals surface area contributed by atoms with E-state index in [1.807, 2.05) is 0 Å². The quantitative estimate of drug-likeness (QED) is 0.700. The van der Waals surface area contributed by atoms with Crippen LogP contribution in [0.5, 0.6) is 0 Å². The van der Waals surface area contributed by atoms with Crippen molar-refractivity contribution in [3.05, 3.63) is 0 Å². The van der Waals surface area contributed by atoms with Crippen LogP contribution in [0.3, 0.4) is 0 Å². The minimum atomic E-state index is -2.76. The average molecular weight is 219 g/mol. The fourth-order valence-electron chi connectivity index (χ4n) is 1.79. The predicted molar refractivity (Wildman–Crippen MR) is 59.2 cm³/mol. The second-order valence-electron chi connectivity index (χ2n) is 4.51. The smallest absolute Gasteiger partial charge is 0.147 e. The monoisotopic (exact) mass is 219 g/mol. The summed E-state index contributed by atoms with van der Waals surface area (Å²) in [7, 11) is -2.76. The van der Waals surface area contributed by atoms with Gasteiger partial charge in [0.1, 0.15) is 9.84 Å². The van der Waals surface area contributed by atoms with Gasteiger partial charge >= 0.3 is 0 Å². The summed E-state index contributed by atoms with van der Waals surface area (Å²) >= 11 is 0. The molecule has 0 amide bonds. The second kappa shape index (κ2) is 4.62. The lowest BCUT2D eigenvalue weighted by Crippen LogP contribution is -2.24. The van der Waals surface area contributed by atoms with Gasteiger partial charge in [-0.3, -0.25) is 0 Å². The van der Waals surface area contributed by atoms with Crippen molar-refractivity contribution in [2.24, 2.45) is 5.41 Å². The molecule has 3 nitrogen and oxygen atoms in total. The minimum absolute atomic E-state index is 0.348. The van der Waals surface area contributed by atoms with Crippen molar-refractivity contribution < 1.29 is 8.42 Å². The van der Waals surface area contributed by atoms with Gasteiger partial charge in [-0.15, -0.1) is 0 Å². The first-order chi connectivity index (χ1) is 6.47. The molecule has 14 heavy (non-hydrogen) atoms. The van der Waals surface area contributed by atoms with E-state index < -0.39 is 9.84 Å². The summed E-state index contributed by atoms with van der Waals surface area (Å²) in [6.07, 6.45) is 5.74. The molecule has 1 rings (SSSR count). The third kappa shape index (κ3) is 4.42. The maximum absolute atomic E-state index is 10.9. The molecular weight excluding hydrogens is 198 g/mol. The molecule has 1 N–H and O–H groups in total. The SMILES string of the molecule is CCNCC1(CCCS(C)(=O)=O)CC1. The molecule has 0 unspecified atom stereocenters. The van der Waals surface area contributed by atoms with Crippen LogP contribution in [0, 0.1) is 5.41 Å². The molecular formula is C10H21NO2S. The summed E-state index contributed by atoms with van der Waals surface area (Å²) in [6, 6.07) is 0. The summed E-state index contributed by atoms with van der Waals surface area (Å²) < 4.78 is 21.9. The first-order valence-corrected chi connectivity index (χ1v) is 7.42. The lowest BCUT2D eigenvalue weighted by atomic mass is 10.0. The Hall–Kier alpha value is -0.0900. The van der Waals surface area contributed by atoms with Crippen LogP contribution >= 0.6 is 0 Å². The molecule has 0 saturated heterocycles. The van der Waals surface area contributed by atoms with E-state index in [2.05, 4.69) is 12.2 Å². The molecule has 1 fully saturated rings. The number of nitrogens with one attached hydrogen (secondary N) is 1. The third-order valence-corrected chi connectivity index (χ3v) is 3.96. The zero-order valence-corrected chi connectivity index (χ0v) is 9.99. The van der Waals surface area contributed by atoms with Gasteiger partial charge in [-0.25, -0.2) is 8.42 Å². The van der Waals surface area contributed by atoms with Crippen LogP contribution in [0.2, 0.25) is 0 Å².